The standard InChI is InChI=1S/C16H11ClN2O4S/c1-22-15(21)13-8-18-16(24-13)19-14(20)12-7-6-11(23-12)9-4-2-3-5-10(9)17/h2-8H,1H3,(H,18,19,20). The third-order valence-electron chi connectivity index (χ3n) is 3.08. The lowest BCUT2D eigenvalue weighted by molar-refractivity contribution is 0.0606. The van der Waals surface area contributed by atoms with Gasteiger partial charge in [0, 0.05) is 5.56 Å². The van der Waals surface area contributed by atoms with Crippen LogP contribution in [0.1, 0.15) is 20.2 Å². The van der Waals surface area contributed by atoms with Gasteiger partial charge in [0.15, 0.2) is 10.9 Å². The predicted molar refractivity (Wildman–Crippen MR) is 90.6 cm³/mol. The van der Waals surface area contributed by atoms with Crippen molar-refractivity contribution in [3.05, 3.63) is 58.3 Å². The van der Waals surface area contributed by atoms with Crippen LogP contribution in [0.2, 0.25) is 5.02 Å². The summed E-state index contributed by atoms with van der Waals surface area (Å²) in [6.07, 6.45) is 1.34. The first-order chi connectivity index (χ1) is 11.6. The Labute approximate surface area is 146 Å². The molecule has 0 atom stereocenters. The van der Waals surface area contributed by atoms with E-state index >= 15 is 0 Å². The maximum absolute atomic E-state index is 12.2. The summed E-state index contributed by atoms with van der Waals surface area (Å²) in [7, 11) is 1.28. The number of anilines is 1. The van der Waals surface area contributed by atoms with Crippen molar-refractivity contribution in [1.29, 1.82) is 0 Å². The van der Waals surface area contributed by atoms with Gasteiger partial charge in [-0.05, 0) is 24.3 Å². The van der Waals surface area contributed by atoms with E-state index in [1.807, 2.05) is 12.1 Å². The molecule has 0 spiro atoms. The highest BCUT2D eigenvalue weighted by Crippen LogP contribution is 2.29. The molecule has 0 fully saturated rings. The summed E-state index contributed by atoms with van der Waals surface area (Å²) >= 11 is 7.12. The Morgan fingerprint density at radius 2 is 2.04 bits per heavy atom. The second-order valence-corrected chi connectivity index (χ2v) is 6.06. The van der Waals surface area contributed by atoms with Crippen LogP contribution < -0.4 is 5.32 Å². The molecule has 0 saturated carbocycles. The molecule has 1 amide bonds. The molecule has 3 rings (SSSR count). The molecule has 0 aliphatic heterocycles. The van der Waals surface area contributed by atoms with Crippen molar-refractivity contribution in [2.75, 3.05) is 12.4 Å². The van der Waals surface area contributed by atoms with E-state index in [-0.39, 0.29) is 10.9 Å². The number of thiazole rings is 1. The molecule has 8 heteroatoms. The number of nitrogens with one attached hydrogen (secondary N) is 1. The van der Waals surface area contributed by atoms with Crippen LogP contribution in [0.15, 0.2) is 47.0 Å². The van der Waals surface area contributed by atoms with Crippen LogP contribution in [0.4, 0.5) is 5.13 Å². The number of amides is 1. The lowest BCUT2D eigenvalue weighted by Gasteiger charge is -2.00. The quantitative estimate of drug-likeness (QED) is 0.707. The highest BCUT2D eigenvalue weighted by molar-refractivity contribution is 7.17. The monoisotopic (exact) mass is 362 g/mol. The van der Waals surface area contributed by atoms with Crippen LogP contribution in [0, 0.1) is 0 Å². The number of rotatable bonds is 4. The molecule has 24 heavy (non-hydrogen) atoms. The summed E-state index contributed by atoms with van der Waals surface area (Å²) in [5.74, 6) is -0.383. The molecule has 2 aromatic heterocycles. The second-order valence-electron chi connectivity index (χ2n) is 4.62. The van der Waals surface area contributed by atoms with Crippen molar-refractivity contribution in [2.24, 2.45) is 0 Å². The molecule has 0 bridgehead atoms. The number of ether oxygens (including phenoxy) is 1. The smallest absolute Gasteiger partial charge is 0.349 e. The zero-order valence-corrected chi connectivity index (χ0v) is 14.0. The van der Waals surface area contributed by atoms with Crippen molar-refractivity contribution in [3.63, 3.8) is 0 Å². The van der Waals surface area contributed by atoms with E-state index in [1.165, 1.54) is 13.3 Å². The summed E-state index contributed by atoms with van der Waals surface area (Å²) in [6, 6.07) is 10.4. The fourth-order valence-electron chi connectivity index (χ4n) is 1.95. The number of carbonyl (C=O) groups is 2. The van der Waals surface area contributed by atoms with Crippen molar-refractivity contribution in [1.82, 2.24) is 4.98 Å². The summed E-state index contributed by atoms with van der Waals surface area (Å²) in [5, 5.41) is 3.37. The highest BCUT2D eigenvalue weighted by atomic mass is 35.5. The number of aromatic nitrogens is 1. The first-order valence-corrected chi connectivity index (χ1v) is 7.98. The van der Waals surface area contributed by atoms with E-state index in [0.717, 1.165) is 11.3 Å². The van der Waals surface area contributed by atoms with Gasteiger partial charge in [0.25, 0.3) is 5.91 Å². The van der Waals surface area contributed by atoms with Gasteiger partial charge in [-0.3, -0.25) is 10.1 Å². The summed E-state index contributed by atoms with van der Waals surface area (Å²) < 4.78 is 10.1. The zero-order valence-electron chi connectivity index (χ0n) is 12.4. The van der Waals surface area contributed by atoms with Gasteiger partial charge in [-0.1, -0.05) is 35.1 Å². The number of esters is 1. The van der Waals surface area contributed by atoms with Gasteiger partial charge >= 0.3 is 5.97 Å². The Bertz CT molecular complexity index is 903. The predicted octanol–water partition coefficient (Wildman–Crippen LogP) is 4.10. The van der Waals surface area contributed by atoms with E-state index in [1.54, 1.807) is 24.3 Å². The SMILES string of the molecule is COC(=O)c1cnc(NC(=O)c2ccc(-c3ccccc3Cl)o2)s1. The van der Waals surface area contributed by atoms with Crippen molar-refractivity contribution >= 4 is 39.9 Å². The second kappa shape index (κ2) is 6.86. The van der Waals surface area contributed by atoms with E-state index in [4.69, 9.17) is 16.0 Å². The first kappa shape index (κ1) is 16.2. The molecular weight excluding hydrogens is 352 g/mol. The van der Waals surface area contributed by atoms with Crippen LogP contribution in [0.25, 0.3) is 11.3 Å². The highest BCUT2D eigenvalue weighted by Gasteiger charge is 2.17. The topological polar surface area (TPSA) is 81.4 Å². The lowest BCUT2D eigenvalue weighted by atomic mass is 10.2. The van der Waals surface area contributed by atoms with E-state index in [0.29, 0.717) is 21.2 Å². The zero-order chi connectivity index (χ0) is 17.1. The van der Waals surface area contributed by atoms with E-state index in [9.17, 15) is 9.59 Å². The van der Waals surface area contributed by atoms with Gasteiger partial charge in [0.05, 0.1) is 18.3 Å². The van der Waals surface area contributed by atoms with Crippen LogP contribution >= 0.6 is 22.9 Å². The van der Waals surface area contributed by atoms with Gasteiger partial charge in [-0.25, -0.2) is 9.78 Å². The van der Waals surface area contributed by atoms with Crippen molar-refractivity contribution < 1.29 is 18.7 Å². The molecule has 1 N–H and O–H groups in total. The molecule has 0 aliphatic carbocycles. The van der Waals surface area contributed by atoms with Crippen molar-refractivity contribution in [3.8, 4) is 11.3 Å². The number of hydrogen-bond donors (Lipinski definition) is 1. The summed E-state index contributed by atoms with van der Waals surface area (Å²) in [5.41, 5.74) is 0.695. The fraction of sp³-hybridized carbons (Fsp3) is 0.0625. The van der Waals surface area contributed by atoms with Crippen LogP contribution in [-0.2, 0) is 4.74 Å². The molecular formula is C16H11ClN2O4S. The largest absolute Gasteiger partial charge is 0.465 e. The Morgan fingerprint density at radius 3 is 2.79 bits per heavy atom. The average Bonchev–Trinajstić information content (AvgIpc) is 3.24. The molecule has 0 radical (unpaired) electrons. The summed E-state index contributed by atoms with van der Waals surface area (Å²) in [6.45, 7) is 0. The third kappa shape index (κ3) is 3.32. The van der Waals surface area contributed by atoms with Gasteiger partial charge in [0.1, 0.15) is 10.6 Å². The molecule has 2 heterocycles. The van der Waals surface area contributed by atoms with E-state index < -0.39 is 11.9 Å². The minimum atomic E-state index is -0.507. The number of methoxy groups -OCH3 is 1. The van der Waals surface area contributed by atoms with Gasteiger partial charge < -0.3 is 9.15 Å². The average molecular weight is 363 g/mol. The van der Waals surface area contributed by atoms with Crippen LogP contribution in [0.5, 0.6) is 0 Å². The summed E-state index contributed by atoms with van der Waals surface area (Å²) in [4.78, 5) is 27.8. The fourth-order valence-corrected chi connectivity index (χ4v) is 2.91. The maximum Gasteiger partial charge on any atom is 0.349 e. The number of halogens is 1. The Morgan fingerprint density at radius 1 is 1.25 bits per heavy atom. The molecule has 0 unspecified atom stereocenters. The molecule has 3 aromatic rings. The minimum absolute atomic E-state index is 0.111. The van der Waals surface area contributed by atoms with E-state index in [2.05, 4.69) is 15.0 Å². The van der Waals surface area contributed by atoms with Crippen LogP contribution in [-0.4, -0.2) is 24.0 Å². The maximum atomic E-state index is 12.2. The molecule has 1 aromatic carbocycles. The number of benzene rings is 1. The Hall–Kier alpha value is -2.64. The Balaban J connectivity index is 1.76. The normalized spacial score (nSPS) is 10.4. The Kier molecular flexibility index (Phi) is 4.64. The van der Waals surface area contributed by atoms with Crippen LogP contribution in [0.3, 0.4) is 0 Å². The minimum Gasteiger partial charge on any atom is -0.465 e. The molecule has 0 saturated heterocycles. The number of hydrogen-bond acceptors (Lipinski definition) is 6. The molecule has 0 aliphatic rings. The first-order valence-electron chi connectivity index (χ1n) is 6.78. The lowest BCUT2D eigenvalue weighted by Crippen LogP contribution is -2.10. The van der Waals surface area contributed by atoms with Gasteiger partial charge in [0.2, 0.25) is 0 Å². The number of carbonyl (C=O) groups excluding carboxylic acids is 2. The molecule has 6 nitrogen and oxygen atoms in total. The van der Waals surface area contributed by atoms with Gasteiger partial charge in [-0.15, -0.1) is 0 Å². The molecule has 122 valence electrons. The third-order valence-corrected chi connectivity index (χ3v) is 4.30. The van der Waals surface area contributed by atoms with Gasteiger partial charge in [-0.2, -0.15) is 0 Å². The number of nitrogens with zero attached hydrogens (tertiary/aromatic N) is 1. The van der Waals surface area contributed by atoms with Crippen molar-refractivity contribution in [2.45, 2.75) is 0 Å². The number of furan rings is 1.